The van der Waals surface area contributed by atoms with E-state index in [9.17, 15) is 0 Å². The van der Waals surface area contributed by atoms with Crippen molar-refractivity contribution in [1.82, 2.24) is 9.55 Å². The largest absolute Gasteiger partial charge is 0.395 e. The van der Waals surface area contributed by atoms with Gasteiger partial charge in [0.05, 0.1) is 17.6 Å². The number of aromatic nitrogens is 2. The fourth-order valence-electron chi connectivity index (χ4n) is 1.58. The fourth-order valence-corrected chi connectivity index (χ4v) is 1.58. The summed E-state index contributed by atoms with van der Waals surface area (Å²) in [5.41, 5.74) is 1.98. The summed E-state index contributed by atoms with van der Waals surface area (Å²) in [6.45, 7) is 4.37. The van der Waals surface area contributed by atoms with Crippen molar-refractivity contribution in [2.24, 2.45) is 0 Å². The van der Waals surface area contributed by atoms with E-state index < -0.39 is 0 Å². The molecule has 0 fully saturated rings. The van der Waals surface area contributed by atoms with Gasteiger partial charge in [0.1, 0.15) is 5.82 Å². The van der Waals surface area contributed by atoms with Gasteiger partial charge < -0.3 is 9.67 Å². The Balaban J connectivity index is 2.67. The molecule has 0 aliphatic carbocycles. The molecule has 0 unspecified atom stereocenters. The van der Waals surface area contributed by atoms with E-state index in [4.69, 9.17) is 5.11 Å². The predicted molar refractivity (Wildman–Crippen MR) is 56.9 cm³/mol. The Morgan fingerprint density at radius 2 is 2.21 bits per heavy atom. The van der Waals surface area contributed by atoms with E-state index in [0.717, 1.165) is 16.9 Å². The number of aliphatic hydroxyl groups is 1. The van der Waals surface area contributed by atoms with Crippen molar-refractivity contribution in [3.63, 3.8) is 0 Å². The molecule has 72 valence electrons. The lowest BCUT2D eigenvalue weighted by molar-refractivity contribution is 0.277. The molecule has 0 amide bonds. The summed E-state index contributed by atoms with van der Waals surface area (Å²) in [7, 11) is 0. The molecule has 3 heteroatoms. The highest BCUT2D eigenvalue weighted by Gasteiger charge is 2.05. The Kier molecular flexibility index (Phi) is 2.33. The van der Waals surface area contributed by atoms with E-state index in [0.29, 0.717) is 6.54 Å². The van der Waals surface area contributed by atoms with Crippen molar-refractivity contribution < 1.29 is 5.11 Å². The van der Waals surface area contributed by atoms with Crippen molar-refractivity contribution in [3.8, 4) is 0 Å². The first-order valence-corrected chi connectivity index (χ1v) is 4.55. The normalized spacial score (nSPS) is 10.6. The van der Waals surface area contributed by atoms with Crippen molar-refractivity contribution in [1.29, 1.82) is 0 Å². The smallest absolute Gasteiger partial charge is 0.133 e. The molecule has 1 aromatic carbocycles. The average Bonchev–Trinajstić information content (AvgIpc) is 2.58. The Morgan fingerprint density at radius 1 is 1.43 bits per heavy atom. The molecule has 0 saturated carbocycles. The van der Waals surface area contributed by atoms with Gasteiger partial charge in [-0.15, -0.1) is 0 Å². The number of hydrogen-bond acceptors (Lipinski definition) is 2. The van der Waals surface area contributed by atoms with Crippen LogP contribution in [-0.4, -0.2) is 21.3 Å². The molecule has 3 nitrogen and oxygen atoms in total. The molecular weight excluding hydrogens is 176 g/mol. The van der Waals surface area contributed by atoms with Gasteiger partial charge in [-0.05, 0) is 18.2 Å². The molecule has 0 aliphatic heterocycles. The standard InChI is InChI=1S/C11H12N2O/c1-2-11-12-9-5-3-4-6-10(9)13(11)7-8-14/h2-6,14H,1,7-8H2. The van der Waals surface area contributed by atoms with Crippen molar-refractivity contribution in [2.75, 3.05) is 6.61 Å². The molecule has 0 spiro atoms. The zero-order chi connectivity index (χ0) is 9.97. The fraction of sp³-hybridized carbons (Fsp3) is 0.182. The van der Waals surface area contributed by atoms with Crippen LogP contribution in [0.3, 0.4) is 0 Å². The zero-order valence-corrected chi connectivity index (χ0v) is 7.85. The second kappa shape index (κ2) is 3.64. The minimum Gasteiger partial charge on any atom is -0.395 e. The highest BCUT2D eigenvalue weighted by atomic mass is 16.3. The first kappa shape index (κ1) is 8.97. The molecule has 14 heavy (non-hydrogen) atoms. The van der Waals surface area contributed by atoms with Crippen LogP contribution in [0.4, 0.5) is 0 Å². The molecule has 0 radical (unpaired) electrons. The van der Waals surface area contributed by atoms with Gasteiger partial charge in [0, 0.05) is 6.54 Å². The molecule has 1 aromatic heterocycles. The van der Waals surface area contributed by atoms with Gasteiger partial charge in [-0.1, -0.05) is 18.7 Å². The SMILES string of the molecule is C=Cc1nc2ccccc2n1CCO. The zero-order valence-electron chi connectivity index (χ0n) is 7.85. The monoisotopic (exact) mass is 188 g/mol. The van der Waals surface area contributed by atoms with E-state index in [-0.39, 0.29) is 6.61 Å². The summed E-state index contributed by atoms with van der Waals surface area (Å²) in [6.07, 6.45) is 1.70. The Labute approximate surface area is 82.3 Å². The first-order valence-electron chi connectivity index (χ1n) is 4.55. The van der Waals surface area contributed by atoms with Gasteiger partial charge in [-0.25, -0.2) is 4.98 Å². The van der Waals surface area contributed by atoms with E-state index in [1.807, 2.05) is 28.8 Å². The molecule has 0 bridgehead atoms. The van der Waals surface area contributed by atoms with Crippen LogP contribution in [0.1, 0.15) is 5.82 Å². The average molecular weight is 188 g/mol. The minimum atomic E-state index is 0.112. The van der Waals surface area contributed by atoms with Gasteiger partial charge in [-0.3, -0.25) is 0 Å². The maximum absolute atomic E-state index is 8.93. The van der Waals surface area contributed by atoms with Crippen LogP contribution in [-0.2, 0) is 6.54 Å². The van der Waals surface area contributed by atoms with Gasteiger partial charge in [0.2, 0.25) is 0 Å². The number of aliphatic hydroxyl groups excluding tert-OH is 1. The minimum absolute atomic E-state index is 0.112. The van der Waals surface area contributed by atoms with Gasteiger partial charge >= 0.3 is 0 Å². The van der Waals surface area contributed by atoms with E-state index >= 15 is 0 Å². The van der Waals surface area contributed by atoms with E-state index in [1.54, 1.807) is 6.08 Å². The lowest BCUT2D eigenvalue weighted by Crippen LogP contribution is -2.03. The van der Waals surface area contributed by atoms with Crippen molar-refractivity contribution >= 4 is 17.1 Å². The predicted octanol–water partition coefficient (Wildman–Crippen LogP) is 1.67. The molecule has 2 aromatic rings. The number of benzene rings is 1. The van der Waals surface area contributed by atoms with Crippen LogP contribution in [0.25, 0.3) is 17.1 Å². The van der Waals surface area contributed by atoms with E-state index in [1.165, 1.54) is 0 Å². The number of rotatable bonds is 3. The Morgan fingerprint density at radius 3 is 2.93 bits per heavy atom. The number of nitrogens with zero attached hydrogens (tertiary/aromatic N) is 2. The third-order valence-electron chi connectivity index (χ3n) is 2.19. The third-order valence-corrected chi connectivity index (χ3v) is 2.19. The maximum atomic E-state index is 8.93. The molecule has 0 atom stereocenters. The first-order chi connectivity index (χ1) is 6.86. The van der Waals surface area contributed by atoms with E-state index in [2.05, 4.69) is 11.6 Å². The molecule has 1 heterocycles. The summed E-state index contributed by atoms with van der Waals surface area (Å²) < 4.78 is 1.96. The number of imidazole rings is 1. The van der Waals surface area contributed by atoms with Gasteiger partial charge in [-0.2, -0.15) is 0 Å². The maximum Gasteiger partial charge on any atom is 0.133 e. The lowest BCUT2D eigenvalue weighted by atomic mass is 10.3. The second-order valence-corrected chi connectivity index (χ2v) is 3.04. The van der Waals surface area contributed by atoms with Crippen molar-refractivity contribution in [2.45, 2.75) is 6.54 Å². The molecule has 1 N–H and O–H groups in total. The summed E-state index contributed by atoms with van der Waals surface area (Å²) in [5, 5.41) is 8.93. The molecule has 0 saturated heterocycles. The Hall–Kier alpha value is -1.61. The van der Waals surface area contributed by atoms with Crippen LogP contribution in [0.15, 0.2) is 30.8 Å². The number of hydrogen-bond donors (Lipinski definition) is 1. The van der Waals surface area contributed by atoms with Crippen LogP contribution < -0.4 is 0 Å². The number of fused-ring (bicyclic) bond motifs is 1. The van der Waals surface area contributed by atoms with Crippen molar-refractivity contribution in [3.05, 3.63) is 36.7 Å². The van der Waals surface area contributed by atoms with Gasteiger partial charge in [0.25, 0.3) is 0 Å². The van der Waals surface area contributed by atoms with Crippen LogP contribution in [0.5, 0.6) is 0 Å². The summed E-state index contributed by atoms with van der Waals surface area (Å²) in [4.78, 5) is 4.38. The van der Waals surface area contributed by atoms with Crippen LogP contribution in [0, 0.1) is 0 Å². The topological polar surface area (TPSA) is 38.0 Å². The van der Waals surface area contributed by atoms with Crippen LogP contribution in [0.2, 0.25) is 0 Å². The van der Waals surface area contributed by atoms with Gasteiger partial charge in [0.15, 0.2) is 0 Å². The van der Waals surface area contributed by atoms with Crippen LogP contribution >= 0.6 is 0 Å². The highest BCUT2D eigenvalue weighted by molar-refractivity contribution is 5.77. The molecular formula is C11H12N2O. The third kappa shape index (κ3) is 1.32. The summed E-state index contributed by atoms with van der Waals surface area (Å²) >= 11 is 0. The Bertz CT molecular complexity index is 459. The highest BCUT2D eigenvalue weighted by Crippen LogP contribution is 2.16. The quantitative estimate of drug-likeness (QED) is 0.795. The summed E-state index contributed by atoms with van der Waals surface area (Å²) in [6, 6.07) is 7.86. The molecule has 0 aliphatic rings. The molecule has 2 rings (SSSR count). The number of para-hydroxylation sites is 2. The lowest BCUT2D eigenvalue weighted by Gasteiger charge is -2.03. The summed E-state index contributed by atoms with van der Waals surface area (Å²) in [5.74, 6) is 0.806. The second-order valence-electron chi connectivity index (χ2n) is 3.04.